The number of nitrogens with zero attached hydrogens (tertiary/aromatic N) is 3. The Labute approximate surface area is 209 Å². The molecule has 3 aromatic rings. The first-order chi connectivity index (χ1) is 16.6. The van der Waals surface area contributed by atoms with E-state index < -0.39 is 0 Å². The first-order valence-electron chi connectivity index (χ1n) is 12.4. The largest absolute Gasteiger partial charge is 0.329 e. The number of para-hydroxylation sites is 1. The van der Waals surface area contributed by atoms with Gasteiger partial charge in [0, 0.05) is 23.6 Å². The SMILES string of the molecule is CCCCCN(CC(=O)Nc1cc(C(C)(C)C)nn1-c1ccccc1C)C(=O)c1ccccc1C. The number of hydrogen-bond acceptors (Lipinski definition) is 3. The van der Waals surface area contributed by atoms with Crippen molar-refractivity contribution in [2.24, 2.45) is 0 Å². The molecule has 2 aromatic carbocycles. The van der Waals surface area contributed by atoms with Crippen LogP contribution in [0.3, 0.4) is 0 Å². The highest BCUT2D eigenvalue weighted by Crippen LogP contribution is 2.27. The van der Waals surface area contributed by atoms with Crippen LogP contribution in [0, 0.1) is 13.8 Å². The van der Waals surface area contributed by atoms with Gasteiger partial charge >= 0.3 is 0 Å². The molecule has 0 unspecified atom stereocenters. The number of benzene rings is 2. The Morgan fingerprint density at radius 1 is 0.971 bits per heavy atom. The van der Waals surface area contributed by atoms with Crippen LogP contribution in [-0.4, -0.2) is 39.6 Å². The molecular weight excluding hydrogens is 436 g/mol. The van der Waals surface area contributed by atoms with Crippen LogP contribution in [0.1, 0.15) is 74.1 Å². The van der Waals surface area contributed by atoms with Crippen molar-refractivity contribution in [3.05, 3.63) is 77.0 Å². The number of amides is 2. The first-order valence-corrected chi connectivity index (χ1v) is 12.4. The van der Waals surface area contributed by atoms with Crippen molar-refractivity contribution >= 4 is 17.6 Å². The summed E-state index contributed by atoms with van der Waals surface area (Å²) in [5.41, 5.74) is 4.21. The molecule has 186 valence electrons. The summed E-state index contributed by atoms with van der Waals surface area (Å²) in [7, 11) is 0. The minimum Gasteiger partial charge on any atom is -0.329 e. The summed E-state index contributed by atoms with van der Waals surface area (Å²) in [6.45, 7) is 12.9. The molecule has 1 N–H and O–H groups in total. The second kappa shape index (κ2) is 11.3. The molecule has 0 radical (unpaired) electrons. The Morgan fingerprint density at radius 3 is 2.26 bits per heavy atom. The zero-order valence-electron chi connectivity index (χ0n) is 21.9. The number of unbranched alkanes of at least 4 members (excludes halogenated alkanes) is 2. The maximum absolute atomic E-state index is 13.3. The van der Waals surface area contributed by atoms with Crippen molar-refractivity contribution in [1.29, 1.82) is 0 Å². The summed E-state index contributed by atoms with van der Waals surface area (Å²) < 4.78 is 1.79. The maximum Gasteiger partial charge on any atom is 0.254 e. The van der Waals surface area contributed by atoms with Gasteiger partial charge < -0.3 is 10.2 Å². The molecule has 1 heterocycles. The second-order valence-corrected chi connectivity index (χ2v) is 10.2. The molecule has 0 spiro atoms. The average Bonchev–Trinajstić information content (AvgIpc) is 3.22. The topological polar surface area (TPSA) is 67.2 Å². The minimum atomic E-state index is -0.237. The Bertz CT molecular complexity index is 1170. The normalized spacial score (nSPS) is 11.4. The minimum absolute atomic E-state index is 0.0132. The van der Waals surface area contributed by atoms with E-state index in [0.29, 0.717) is 17.9 Å². The van der Waals surface area contributed by atoms with E-state index in [2.05, 4.69) is 33.0 Å². The summed E-state index contributed by atoms with van der Waals surface area (Å²) in [5.74, 6) is 0.252. The molecule has 0 fully saturated rings. The molecule has 0 saturated heterocycles. The fourth-order valence-corrected chi connectivity index (χ4v) is 3.97. The van der Waals surface area contributed by atoms with E-state index >= 15 is 0 Å². The van der Waals surface area contributed by atoms with Crippen LogP contribution < -0.4 is 5.32 Å². The van der Waals surface area contributed by atoms with E-state index in [9.17, 15) is 9.59 Å². The summed E-state index contributed by atoms with van der Waals surface area (Å²) in [5, 5.41) is 7.86. The fraction of sp³-hybridized carbons (Fsp3) is 0.414. The van der Waals surface area contributed by atoms with Gasteiger partial charge in [-0.1, -0.05) is 76.9 Å². The Morgan fingerprint density at radius 2 is 1.63 bits per heavy atom. The van der Waals surface area contributed by atoms with Crippen molar-refractivity contribution in [2.45, 2.75) is 66.2 Å². The number of aryl methyl sites for hydroxylation is 2. The van der Waals surface area contributed by atoms with Gasteiger partial charge in [-0.3, -0.25) is 9.59 Å². The van der Waals surface area contributed by atoms with Gasteiger partial charge in [-0.25, -0.2) is 4.68 Å². The molecular formula is C29H38N4O2. The zero-order valence-corrected chi connectivity index (χ0v) is 21.9. The molecule has 0 aliphatic heterocycles. The van der Waals surface area contributed by atoms with Gasteiger partial charge in [-0.2, -0.15) is 5.10 Å². The van der Waals surface area contributed by atoms with Gasteiger partial charge in [0.25, 0.3) is 5.91 Å². The second-order valence-electron chi connectivity index (χ2n) is 10.2. The number of anilines is 1. The van der Waals surface area contributed by atoms with E-state index in [0.717, 1.165) is 41.8 Å². The van der Waals surface area contributed by atoms with Gasteiger partial charge in [-0.05, 0) is 43.5 Å². The van der Waals surface area contributed by atoms with Gasteiger partial charge in [0.15, 0.2) is 0 Å². The summed E-state index contributed by atoms with van der Waals surface area (Å²) in [4.78, 5) is 28.3. The van der Waals surface area contributed by atoms with Crippen molar-refractivity contribution in [3.63, 3.8) is 0 Å². The first kappa shape index (κ1) is 26.2. The van der Waals surface area contributed by atoms with E-state index in [1.807, 2.05) is 68.4 Å². The van der Waals surface area contributed by atoms with Crippen LogP contribution in [-0.2, 0) is 10.2 Å². The van der Waals surface area contributed by atoms with Crippen molar-refractivity contribution in [2.75, 3.05) is 18.4 Å². The lowest BCUT2D eigenvalue weighted by Gasteiger charge is -2.23. The van der Waals surface area contributed by atoms with E-state index in [1.165, 1.54) is 0 Å². The number of carbonyl (C=O) groups is 2. The van der Waals surface area contributed by atoms with Crippen molar-refractivity contribution in [1.82, 2.24) is 14.7 Å². The van der Waals surface area contributed by atoms with Gasteiger partial charge in [0.05, 0.1) is 11.4 Å². The molecule has 6 nitrogen and oxygen atoms in total. The van der Waals surface area contributed by atoms with Gasteiger partial charge in [0.2, 0.25) is 5.91 Å². The monoisotopic (exact) mass is 474 g/mol. The van der Waals surface area contributed by atoms with Gasteiger partial charge in [0.1, 0.15) is 12.4 Å². The Balaban J connectivity index is 1.87. The summed E-state index contributed by atoms with van der Waals surface area (Å²) in [6, 6.07) is 17.4. The number of carbonyl (C=O) groups excluding carboxylic acids is 2. The summed E-state index contributed by atoms with van der Waals surface area (Å²) in [6.07, 6.45) is 2.91. The van der Waals surface area contributed by atoms with Crippen LogP contribution >= 0.6 is 0 Å². The molecule has 0 aliphatic carbocycles. The zero-order chi connectivity index (χ0) is 25.6. The quantitative estimate of drug-likeness (QED) is 0.384. The van der Waals surface area contributed by atoms with Crippen LogP contribution in [0.5, 0.6) is 0 Å². The molecule has 0 bridgehead atoms. The number of nitrogens with one attached hydrogen (secondary N) is 1. The van der Waals surface area contributed by atoms with Crippen LogP contribution in [0.4, 0.5) is 5.82 Å². The third-order valence-electron chi connectivity index (χ3n) is 6.12. The summed E-state index contributed by atoms with van der Waals surface area (Å²) >= 11 is 0. The standard InChI is InChI=1S/C29H38N4O2/c1-7-8-13-18-32(28(35)23-16-11-9-14-21(23)2)20-27(34)30-26-19-25(29(4,5)6)31-33(26)24-17-12-10-15-22(24)3/h9-12,14-17,19H,7-8,13,18,20H2,1-6H3,(H,30,34). The van der Waals surface area contributed by atoms with Crippen molar-refractivity contribution < 1.29 is 9.59 Å². The van der Waals surface area contributed by atoms with Crippen LogP contribution in [0.2, 0.25) is 0 Å². The fourth-order valence-electron chi connectivity index (χ4n) is 3.97. The Kier molecular flexibility index (Phi) is 8.49. The van der Waals surface area contributed by atoms with E-state index in [-0.39, 0.29) is 23.8 Å². The maximum atomic E-state index is 13.3. The lowest BCUT2D eigenvalue weighted by atomic mass is 9.92. The third kappa shape index (κ3) is 6.59. The van der Waals surface area contributed by atoms with E-state index in [4.69, 9.17) is 5.10 Å². The predicted molar refractivity (Wildman–Crippen MR) is 142 cm³/mol. The van der Waals surface area contributed by atoms with E-state index in [1.54, 1.807) is 9.58 Å². The van der Waals surface area contributed by atoms with Crippen LogP contribution in [0.15, 0.2) is 54.6 Å². The number of rotatable bonds is 9. The predicted octanol–water partition coefficient (Wildman–Crippen LogP) is 6.06. The molecule has 1 aromatic heterocycles. The molecule has 2 amide bonds. The average molecular weight is 475 g/mol. The van der Waals surface area contributed by atoms with Crippen LogP contribution in [0.25, 0.3) is 5.69 Å². The van der Waals surface area contributed by atoms with Gasteiger partial charge in [-0.15, -0.1) is 0 Å². The Hall–Kier alpha value is -3.41. The smallest absolute Gasteiger partial charge is 0.254 e. The molecule has 0 saturated carbocycles. The molecule has 0 aliphatic rings. The molecule has 6 heteroatoms. The van der Waals surface area contributed by atoms with Crippen molar-refractivity contribution in [3.8, 4) is 5.69 Å². The number of hydrogen-bond donors (Lipinski definition) is 1. The molecule has 3 rings (SSSR count). The molecule has 35 heavy (non-hydrogen) atoms. The lowest BCUT2D eigenvalue weighted by molar-refractivity contribution is -0.117. The highest BCUT2D eigenvalue weighted by molar-refractivity contribution is 6.00. The number of aromatic nitrogens is 2. The highest BCUT2D eigenvalue weighted by Gasteiger charge is 2.24. The highest BCUT2D eigenvalue weighted by atomic mass is 16.2. The lowest BCUT2D eigenvalue weighted by Crippen LogP contribution is -2.39. The third-order valence-corrected chi connectivity index (χ3v) is 6.12. The molecule has 0 atom stereocenters.